The zero-order valence-corrected chi connectivity index (χ0v) is 14.6. The predicted molar refractivity (Wildman–Crippen MR) is 88.3 cm³/mol. The van der Waals surface area contributed by atoms with E-state index in [0.29, 0.717) is 36.2 Å². The van der Waals surface area contributed by atoms with E-state index in [2.05, 4.69) is 4.90 Å². The monoisotopic (exact) mass is 322 g/mol. The van der Waals surface area contributed by atoms with Crippen molar-refractivity contribution in [2.75, 3.05) is 32.8 Å². The fourth-order valence-electron chi connectivity index (χ4n) is 4.71. The first-order valence-corrected chi connectivity index (χ1v) is 9.25. The highest BCUT2D eigenvalue weighted by atomic mass is 16.6. The molecule has 23 heavy (non-hydrogen) atoms. The number of nitrogens with zero attached hydrogens (tertiary/aromatic N) is 2. The summed E-state index contributed by atoms with van der Waals surface area (Å²) in [6, 6.07) is 0.662. The standard InChI is InChI=1S/C18H30N2O3/c1-3-16(21)14-5-8-19(9-6-14)15-11-18(12-15)7-10-20(13-18)17(22)23-4-2/h14-15H,3-13H2,1-2H3. The smallest absolute Gasteiger partial charge is 0.409 e. The molecule has 3 fully saturated rings. The van der Waals surface area contributed by atoms with E-state index in [-0.39, 0.29) is 6.09 Å². The Morgan fingerprint density at radius 3 is 2.43 bits per heavy atom. The molecule has 0 radical (unpaired) electrons. The second-order valence-corrected chi connectivity index (χ2v) is 7.56. The van der Waals surface area contributed by atoms with Crippen molar-refractivity contribution in [3.63, 3.8) is 0 Å². The van der Waals surface area contributed by atoms with E-state index < -0.39 is 0 Å². The Morgan fingerprint density at radius 2 is 1.83 bits per heavy atom. The largest absolute Gasteiger partial charge is 0.450 e. The summed E-state index contributed by atoms with van der Waals surface area (Å²) in [7, 11) is 0. The quantitative estimate of drug-likeness (QED) is 0.798. The van der Waals surface area contributed by atoms with Crippen molar-refractivity contribution in [3.8, 4) is 0 Å². The Bertz CT molecular complexity index is 451. The van der Waals surface area contributed by atoms with Crippen LogP contribution in [-0.2, 0) is 9.53 Å². The summed E-state index contributed by atoms with van der Waals surface area (Å²) in [6.07, 6.45) is 6.13. The van der Waals surface area contributed by atoms with E-state index in [0.717, 1.165) is 45.4 Å². The van der Waals surface area contributed by atoms with Crippen molar-refractivity contribution >= 4 is 11.9 Å². The van der Waals surface area contributed by atoms with Crippen LogP contribution in [0.1, 0.15) is 52.4 Å². The zero-order chi connectivity index (χ0) is 16.4. The molecule has 0 aromatic carbocycles. The number of carbonyl (C=O) groups excluding carboxylic acids is 2. The van der Waals surface area contributed by atoms with E-state index >= 15 is 0 Å². The molecule has 1 amide bonds. The van der Waals surface area contributed by atoms with Crippen LogP contribution in [0.15, 0.2) is 0 Å². The molecule has 130 valence electrons. The second-order valence-electron chi connectivity index (χ2n) is 7.56. The van der Waals surface area contributed by atoms with Crippen molar-refractivity contribution in [1.82, 2.24) is 9.80 Å². The number of rotatable bonds is 4. The SMILES string of the molecule is CCOC(=O)N1CCC2(CC(N3CCC(C(=O)CC)CC3)C2)C1. The van der Waals surface area contributed by atoms with Gasteiger partial charge >= 0.3 is 6.09 Å². The first-order valence-electron chi connectivity index (χ1n) is 9.25. The Hall–Kier alpha value is -1.10. The molecule has 2 aliphatic heterocycles. The van der Waals surface area contributed by atoms with Gasteiger partial charge in [-0.3, -0.25) is 4.79 Å². The number of hydrogen-bond donors (Lipinski definition) is 0. The summed E-state index contributed by atoms with van der Waals surface area (Å²) in [6.45, 7) is 8.13. The molecule has 1 aliphatic carbocycles. The highest BCUT2D eigenvalue weighted by Crippen LogP contribution is 2.50. The lowest BCUT2D eigenvalue weighted by Crippen LogP contribution is -2.54. The lowest BCUT2D eigenvalue weighted by molar-refractivity contribution is -0.124. The molecule has 0 aromatic rings. The number of Topliss-reactive ketones (excluding diaryl/α,β-unsaturated/α-hetero) is 1. The van der Waals surface area contributed by atoms with Gasteiger partial charge in [-0.1, -0.05) is 6.92 Å². The second kappa shape index (κ2) is 6.80. The molecule has 0 bridgehead atoms. The average molecular weight is 322 g/mol. The van der Waals surface area contributed by atoms with Gasteiger partial charge < -0.3 is 14.5 Å². The minimum atomic E-state index is -0.147. The molecule has 2 heterocycles. The molecule has 0 aromatic heterocycles. The molecule has 0 N–H and O–H groups in total. The van der Waals surface area contributed by atoms with E-state index in [4.69, 9.17) is 4.74 Å². The summed E-state index contributed by atoms with van der Waals surface area (Å²) in [5, 5.41) is 0. The Labute approximate surface area is 139 Å². The Morgan fingerprint density at radius 1 is 1.13 bits per heavy atom. The molecule has 1 spiro atoms. The Balaban J connectivity index is 1.43. The van der Waals surface area contributed by atoms with Crippen LogP contribution in [0.4, 0.5) is 4.79 Å². The maximum Gasteiger partial charge on any atom is 0.409 e. The molecule has 5 nitrogen and oxygen atoms in total. The third-order valence-electron chi connectivity index (χ3n) is 6.15. The van der Waals surface area contributed by atoms with Gasteiger partial charge in [-0.15, -0.1) is 0 Å². The maximum absolute atomic E-state index is 11.8. The number of ether oxygens (including phenoxy) is 1. The van der Waals surface area contributed by atoms with Crippen LogP contribution in [0.5, 0.6) is 0 Å². The molecule has 3 aliphatic rings. The average Bonchev–Trinajstić information content (AvgIpc) is 2.99. The number of amides is 1. The minimum Gasteiger partial charge on any atom is -0.450 e. The first kappa shape index (κ1) is 16.7. The van der Waals surface area contributed by atoms with Gasteiger partial charge in [0.1, 0.15) is 5.78 Å². The van der Waals surface area contributed by atoms with Crippen LogP contribution in [0.3, 0.4) is 0 Å². The molecule has 5 heteroatoms. The van der Waals surface area contributed by atoms with Gasteiger partial charge in [-0.2, -0.15) is 0 Å². The topological polar surface area (TPSA) is 49.9 Å². The van der Waals surface area contributed by atoms with Gasteiger partial charge in [-0.05, 0) is 57.5 Å². The lowest BCUT2D eigenvalue weighted by atomic mass is 9.64. The van der Waals surface area contributed by atoms with Crippen LogP contribution in [-0.4, -0.2) is 60.5 Å². The van der Waals surface area contributed by atoms with Gasteiger partial charge in [0.25, 0.3) is 0 Å². The van der Waals surface area contributed by atoms with Crippen LogP contribution in [0.2, 0.25) is 0 Å². The fraction of sp³-hybridized carbons (Fsp3) is 0.889. The van der Waals surface area contributed by atoms with Crippen LogP contribution in [0.25, 0.3) is 0 Å². The maximum atomic E-state index is 11.8. The lowest BCUT2D eigenvalue weighted by Gasteiger charge is -2.51. The number of ketones is 1. The van der Waals surface area contributed by atoms with Gasteiger partial charge in [0.15, 0.2) is 0 Å². The van der Waals surface area contributed by atoms with Gasteiger partial charge in [0, 0.05) is 31.5 Å². The van der Waals surface area contributed by atoms with E-state index in [9.17, 15) is 9.59 Å². The third kappa shape index (κ3) is 3.39. The molecule has 3 rings (SSSR count). The van der Waals surface area contributed by atoms with Crippen molar-refractivity contribution in [1.29, 1.82) is 0 Å². The minimum absolute atomic E-state index is 0.147. The van der Waals surface area contributed by atoms with E-state index in [1.54, 1.807) is 0 Å². The van der Waals surface area contributed by atoms with Crippen molar-refractivity contribution in [2.24, 2.45) is 11.3 Å². The predicted octanol–water partition coefficient (Wildman–Crippen LogP) is 2.69. The van der Waals surface area contributed by atoms with Crippen LogP contribution < -0.4 is 0 Å². The summed E-state index contributed by atoms with van der Waals surface area (Å²) in [4.78, 5) is 28.1. The summed E-state index contributed by atoms with van der Waals surface area (Å²) >= 11 is 0. The molecule has 0 atom stereocenters. The number of carbonyl (C=O) groups is 2. The summed E-state index contributed by atoms with van der Waals surface area (Å²) < 4.78 is 5.12. The fourth-order valence-corrected chi connectivity index (χ4v) is 4.71. The molecule has 0 unspecified atom stereocenters. The van der Waals surface area contributed by atoms with E-state index in [1.165, 1.54) is 12.8 Å². The van der Waals surface area contributed by atoms with Crippen LogP contribution >= 0.6 is 0 Å². The van der Waals surface area contributed by atoms with Crippen molar-refractivity contribution < 1.29 is 14.3 Å². The molecule has 2 saturated heterocycles. The molecular weight excluding hydrogens is 292 g/mol. The highest BCUT2D eigenvalue weighted by Gasteiger charge is 2.51. The van der Waals surface area contributed by atoms with Crippen molar-refractivity contribution in [2.45, 2.75) is 58.4 Å². The summed E-state index contributed by atoms with van der Waals surface area (Å²) in [5.41, 5.74) is 0.341. The number of hydrogen-bond acceptors (Lipinski definition) is 4. The molecular formula is C18H30N2O3. The Kier molecular flexibility index (Phi) is 4.95. The highest BCUT2D eigenvalue weighted by molar-refractivity contribution is 5.80. The third-order valence-corrected chi connectivity index (χ3v) is 6.15. The van der Waals surface area contributed by atoms with Gasteiger partial charge in [-0.25, -0.2) is 4.79 Å². The zero-order valence-electron chi connectivity index (χ0n) is 14.6. The van der Waals surface area contributed by atoms with Crippen molar-refractivity contribution in [3.05, 3.63) is 0 Å². The van der Waals surface area contributed by atoms with Gasteiger partial charge in [0.05, 0.1) is 6.61 Å². The van der Waals surface area contributed by atoms with E-state index in [1.807, 2.05) is 18.7 Å². The number of piperidine rings is 1. The summed E-state index contributed by atoms with van der Waals surface area (Å²) in [5.74, 6) is 0.742. The molecule has 1 saturated carbocycles. The first-order chi connectivity index (χ1) is 11.1. The van der Waals surface area contributed by atoms with Gasteiger partial charge in [0.2, 0.25) is 0 Å². The normalized spacial score (nSPS) is 32.1. The van der Waals surface area contributed by atoms with Crippen LogP contribution in [0, 0.1) is 11.3 Å². The number of likely N-dealkylation sites (tertiary alicyclic amines) is 2.